The normalized spacial score (nSPS) is 16.7. The lowest BCUT2D eigenvalue weighted by Crippen LogP contribution is -2.32. The summed E-state index contributed by atoms with van der Waals surface area (Å²) in [5.41, 5.74) is 7.19. The molecule has 0 atom stereocenters. The number of rotatable bonds is 1. The van der Waals surface area contributed by atoms with Crippen LogP contribution in [0.2, 0.25) is 0 Å². The van der Waals surface area contributed by atoms with Crippen molar-refractivity contribution < 1.29 is 12.8 Å². The van der Waals surface area contributed by atoms with Crippen LogP contribution in [0.25, 0.3) is 28.0 Å². The van der Waals surface area contributed by atoms with Crippen LogP contribution < -0.4 is 4.57 Å². The molecular formula is C24H24N3+. The second-order valence-electron chi connectivity index (χ2n) is 7.34. The molecule has 3 nitrogen and oxygen atoms in total. The van der Waals surface area contributed by atoms with E-state index in [1.165, 1.54) is 0 Å². The summed E-state index contributed by atoms with van der Waals surface area (Å²) in [7, 11) is 1.83. The lowest BCUT2D eigenvalue weighted by Gasteiger charge is -2.15. The molecule has 134 valence electrons. The Balaban J connectivity index is 1.85. The molecule has 0 saturated carbocycles. The molecule has 4 aromatic rings. The van der Waals surface area contributed by atoms with Crippen LogP contribution in [0.3, 0.4) is 0 Å². The molecule has 27 heavy (non-hydrogen) atoms. The van der Waals surface area contributed by atoms with Gasteiger partial charge in [0.05, 0.1) is 22.3 Å². The van der Waals surface area contributed by atoms with Gasteiger partial charge in [0.25, 0.3) is 0 Å². The first kappa shape index (κ1) is 11.0. The van der Waals surface area contributed by atoms with Crippen LogP contribution >= 0.6 is 0 Å². The second kappa shape index (κ2) is 5.53. The molecule has 0 aliphatic carbocycles. The number of aryl methyl sites for hydroxylation is 5. The van der Waals surface area contributed by atoms with Gasteiger partial charge >= 0.3 is 0 Å². The maximum Gasteiger partial charge on any atom is 0.213 e. The summed E-state index contributed by atoms with van der Waals surface area (Å²) >= 11 is 0. The van der Waals surface area contributed by atoms with Crippen molar-refractivity contribution in [2.45, 2.75) is 34.0 Å². The number of nitrogens with zero attached hydrogens (tertiary/aromatic N) is 3. The van der Waals surface area contributed by atoms with Crippen molar-refractivity contribution in [3.05, 3.63) is 76.2 Å². The highest BCUT2D eigenvalue weighted by atomic mass is 15.1. The van der Waals surface area contributed by atoms with Crippen LogP contribution in [0.5, 0.6) is 0 Å². The molecule has 3 heterocycles. The van der Waals surface area contributed by atoms with Gasteiger partial charge in [-0.2, -0.15) is 0 Å². The van der Waals surface area contributed by atoms with Gasteiger partial charge in [-0.05, 0) is 61.9 Å². The van der Waals surface area contributed by atoms with E-state index < -0.39 is 13.7 Å². The maximum absolute atomic E-state index is 8.22. The molecule has 1 aliphatic heterocycles. The highest BCUT2D eigenvalue weighted by Gasteiger charge is 2.30. The monoisotopic (exact) mass is 360 g/mol. The van der Waals surface area contributed by atoms with E-state index in [0.717, 1.165) is 39.2 Å². The SMILES string of the molecule is [2H]C([2H])([2H])c1c[n+](C)c(-c2c(C)cc(C([2H])([2H])[2H])c3c2Cc2nc4ccccc4n2-3)cc1C. The van der Waals surface area contributed by atoms with Crippen LogP contribution in [-0.4, -0.2) is 9.55 Å². The number of pyridine rings is 1. The Morgan fingerprint density at radius 1 is 1.04 bits per heavy atom. The zero-order chi connectivity index (χ0) is 23.9. The Labute approximate surface area is 168 Å². The Morgan fingerprint density at radius 2 is 1.85 bits per heavy atom. The third kappa shape index (κ3) is 2.21. The van der Waals surface area contributed by atoms with Gasteiger partial charge in [0.15, 0.2) is 6.20 Å². The van der Waals surface area contributed by atoms with E-state index >= 15 is 0 Å². The van der Waals surface area contributed by atoms with Gasteiger partial charge in [0.1, 0.15) is 12.9 Å². The molecule has 2 aromatic heterocycles. The van der Waals surface area contributed by atoms with E-state index in [-0.39, 0.29) is 0 Å². The van der Waals surface area contributed by atoms with Crippen LogP contribution in [-0.2, 0) is 13.5 Å². The van der Waals surface area contributed by atoms with Crippen LogP contribution in [0.4, 0.5) is 0 Å². The van der Waals surface area contributed by atoms with Gasteiger partial charge in [-0.1, -0.05) is 18.2 Å². The van der Waals surface area contributed by atoms with E-state index in [1.807, 2.05) is 53.4 Å². The van der Waals surface area contributed by atoms with E-state index in [9.17, 15) is 0 Å². The number of hydrogen-bond donors (Lipinski definition) is 0. The largest absolute Gasteiger partial charge is 0.295 e. The molecule has 0 fully saturated rings. The molecule has 0 radical (unpaired) electrons. The highest BCUT2D eigenvalue weighted by molar-refractivity contribution is 5.84. The van der Waals surface area contributed by atoms with Crippen molar-refractivity contribution in [3.8, 4) is 16.9 Å². The minimum absolute atomic E-state index is 0.305. The third-order valence-electron chi connectivity index (χ3n) is 5.52. The summed E-state index contributed by atoms with van der Waals surface area (Å²) in [5, 5.41) is 0. The molecule has 0 saturated heterocycles. The fourth-order valence-corrected chi connectivity index (χ4v) is 4.26. The Kier molecular flexibility index (Phi) is 2.26. The van der Waals surface area contributed by atoms with Crippen LogP contribution in [0, 0.1) is 27.6 Å². The predicted octanol–water partition coefficient (Wildman–Crippen LogP) is 4.65. The minimum atomic E-state index is -2.29. The maximum atomic E-state index is 8.22. The number of imidazole rings is 1. The fraction of sp³-hybridized carbons (Fsp3) is 0.250. The van der Waals surface area contributed by atoms with Crippen molar-refractivity contribution >= 4 is 11.0 Å². The first-order valence-electron chi connectivity index (χ1n) is 12.0. The molecule has 0 N–H and O–H groups in total. The van der Waals surface area contributed by atoms with E-state index in [2.05, 4.69) is 0 Å². The lowest BCUT2D eigenvalue weighted by atomic mass is 9.92. The second-order valence-corrected chi connectivity index (χ2v) is 7.34. The number of para-hydroxylation sites is 2. The van der Waals surface area contributed by atoms with Gasteiger partial charge < -0.3 is 0 Å². The van der Waals surface area contributed by atoms with Gasteiger partial charge in [0, 0.05) is 26.3 Å². The zero-order valence-electron chi connectivity index (χ0n) is 21.6. The first-order valence-corrected chi connectivity index (χ1v) is 9.02. The zero-order valence-corrected chi connectivity index (χ0v) is 15.6. The van der Waals surface area contributed by atoms with Crippen LogP contribution in [0.1, 0.15) is 41.9 Å². The standard InChI is InChI=1S/C24H24N3/c1-14-11-21(26(5)13-17(14)4)23-15(2)10-16(3)24-18(23)12-22-25-19-8-6-7-9-20(19)27(22)24/h6-11,13H,12H2,1-5H3/q+1/i3D3,4D3. The Morgan fingerprint density at radius 3 is 2.67 bits per heavy atom. The van der Waals surface area contributed by atoms with Crippen LogP contribution in [0.15, 0.2) is 42.6 Å². The Bertz CT molecular complexity index is 1440. The van der Waals surface area contributed by atoms with Gasteiger partial charge in [0.2, 0.25) is 5.69 Å². The summed E-state index contributed by atoms with van der Waals surface area (Å²) in [6, 6.07) is 11.4. The quantitative estimate of drug-likeness (QED) is 0.399. The molecule has 0 spiro atoms. The number of aromatic nitrogens is 3. The molecule has 0 amide bonds. The summed E-state index contributed by atoms with van der Waals surface area (Å²) in [5.74, 6) is 0.807. The minimum Gasteiger partial charge on any atom is -0.295 e. The average molecular weight is 361 g/mol. The van der Waals surface area contributed by atoms with Gasteiger partial charge in [-0.15, -0.1) is 0 Å². The molecule has 1 aliphatic rings. The molecule has 0 unspecified atom stereocenters. The van der Waals surface area contributed by atoms with Gasteiger partial charge in [-0.25, -0.2) is 9.55 Å². The number of hydrogen-bond acceptors (Lipinski definition) is 1. The number of benzene rings is 2. The van der Waals surface area contributed by atoms with Crippen molar-refractivity contribution in [2.75, 3.05) is 0 Å². The first-order chi connectivity index (χ1) is 15.4. The molecule has 3 heteroatoms. The smallest absolute Gasteiger partial charge is 0.213 e. The Hall–Kier alpha value is -2.94. The van der Waals surface area contributed by atoms with E-state index in [1.54, 1.807) is 19.2 Å². The highest BCUT2D eigenvalue weighted by Crippen LogP contribution is 2.40. The number of fused-ring (bicyclic) bond motifs is 5. The summed E-state index contributed by atoms with van der Waals surface area (Å²) < 4.78 is 52.0. The average Bonchev–Trinajstić information content (AvgIpc) is 3.23. The van der Waals surface area contributed by atoms with Crippen molar-refractivity contribution in [1.29, 1.82) is 0 Å². The summed E-state index contributed by atoms with van der Waals surface area (Å²) in [4.78, 5) is 4.78. The van der Waals surface area contributed by atoms with Crippen molar-refractivity contribution in [1.82, 2.24) is 9.55 Å². The van der Waals surface area contributed by atoms with E-state index in [0.29, 0.717) is 28.8 Å². The third-order valence-corrected chi connectivity index (χ3v) is 5.52. The van der Waals surface area contributed by atoms with E-state index in [4.69, 9.17) is 13.2 Å². The van der Waals surface area contributed by atoms with Crippen molar-refractivity contribution in [2.24, 2.45) is 7.05 Å². The molecule has 0 bridgehead atoms. The van der Waals surface area contributed by atoms with Crippen molar-refractivity contribution in [3.63, 3.8) is 0 Å². The fourth-order valence-electron chi connectivity index (χ4n) is 4.26. The molecular weight excluding hydrogens is 330 g/mol. The predicted molar refractivity (Wildman–Crippen MR) is 109 cm³/mol. The molecule has 5 rings (SSSR count). The summed E-state index contributed by atoms with van der Waals surface area (Å²) in [6.45, 7) is -0.777. The van der Waals surface area contributed by atoms with Gasteiger partial charge in [-0.3, -0.25) is 4.57 Å². The topological polar surface area (TPSA) is 21.7 Å². The lowest BCUT2D eigenvalue weighted by molar-refractivity contribution is -0.660. The summed E-state index contributed by atoms with van der Waals surface area (Å²) in [6.07, 6.45) is 2.16. The molecule has 2 aromatic carbocycles.